The van der Waals surface area contributed by atoms with Crippen molar-refractivity contribution in [2.45, 2.75) is 46.8 Å². The number of allylic oxidation sites excluding steroid dienone is 1. The van der Waals surface area contributed by atoms with Crippen molar-refractivity contribution in [1.29, 1.82) is 0 Å². The van der Waals surface area contributed by atoms with Crippen LogP contribution in [-0.2, 0) is 4.28 Å². The summed E-state index contributed by atoms with van der Waals surface area (Å²) in [5, 5.41) is 0. The molecule has 1 aliphatic rings. The zero-order valence-corrected chi connectivity index (χ0v) is 9.81. The average Bonchev–Trinajstić information content (AvgIpc) is 2.36. The lowest BCUT2D eigenvalue weighted by molar-refractivity contribution is 0.0730. The monoisotopic (exact) mass is 182 g/mol. The first-order valence-corrected chi connectivity index (χ1v) is 5.62. The SMILES string of the molecule is CCC1=C(C)C[O+](C)[B-]1(CC)CC. The summed E-state index contributed by atoms with van der Waals surface area (Å²) in [6, 6.07) is 0. The Morgan fingerprint density at radius 2 is 1.77 bits per heavy atom. The van der Waals surface area contributed by atoms with E-state index in [4.69, 9.17) is 0 Å². The van der Waals surface area contributed by atoms with E-state index >= 15 is 0 Å². The lowest BCUT2D eigenvalue weighted by Gasteiger charge is -2.40. The normalized spacial score (nSPS) is 22.8. The minimum Gasteiger partial charge on any atom is -0.667 e. The summed E-state index contributed by atoms with van der Waals surface area (Å²) in [4.78, 5) is 0. The van der Waals surface area contributed by atoms with Gasteiger partial charge in [0.2, 0.25) is 0 Å². The topological polar surface area (TPSA) is 2.70 Å². The lowest BCUT2D eigenvalue weighted by Crippen LogP contribution is -2.42. The fourth-order valence-electron chi connectivity index (χ4n) is 3.31. The molecule has 0 aromatic carbocycles. The molecule has 1 aliphatic heterocycles. The van der Waals surface area contributed by atoms with Crippen LogP contribution in [0, 0.1) is 0 Å². The first-order chi connectivity index (χ1) is 6.12. The standard InChI is InChI=1S/C11H23BO/c1-6-11-10(4)9-13(5)12(11,7-2)8-3/h6-9H2,1-5H3. The molecule has 2 heteroatoms. The van der Waals surface area contributed by atoms with E-state index in [9.17, 15) is 0 Å². The number of hydrogen-bond acceptors (Lipinski definition) is 0. The van der Waals surface area contributed by atoms with E-state index in [0.29, 0.717) is 0 Å². The predicted octanol–water partition coefficient (Wildman–Crippen LogP) is 3.43. The largest absolute Gasteiger partial charge is 0.667 e. The van der Waals surface area contributed by atoms with Gasteiger partial charge in [0.05, 0.1) is 7.11 Å². The Bertz CT molecular complexity index is 216. The molecule has 0 saturated heterocycles. The van der Waals surface area contributed by atoms with Crippen molar-refractivity contribution < 1.29 is 4.28 Å². The number of hydrogen-bond donors (Lipinski definition) is 0. The predicted molar refractivity (Wildman–Crippen MR) is 61.6 cm³/mol. The van der Waals surface area contributed by atoms with E-state index in [-0.39, 0.29) is 0 Å². The van der Waals surface area contributed by atoms with Crippen LogP contribution in [0.3, 0.4) is 0 Å². The van der Waals surface area contributed by atoms with Crippen molar-refractivity contribution in [3.8, 4) is 0 Å². The second-order valence-electron chi connectivity index (χ2n) is 4.46. The van der Waals surface area contributed by atoms with Crippen molar-refractivity contribution in [2.75, 3.05) is 13.7 Å². The summed E-state index contributed by atoms with van der Waals surface area (Å²) in [5.41, 5.74) is 3.32. The molecule has 0 atom stereocenters. The van der Waals surface area contributed by atoms with E-state index in [1.165, 1.54) is 19.1 Å². The molecule has 1 nitrogen and oxygen atoms in total. The van der Waals surface area contributed by atoms with Crippen LogP contribution in [0.25, 0.3) is 0 Å². The van der Waals surface area contributed by atoms with Gasteiger partial charge < -0.3 is 4.28 Å². The Hall–Kier alpha value is -0.235. The van der Waals surface area contributed by atoms with Gasteiger partial charge in [0, 0.05) is 0 Å². The van der Waals surface area contributed by atoms with Crippen LogP contribution < -0.4 is 0 Å². The molecule has 0 saturated carbocycles. The first kappa shape index (κ1) is 10.8. The fraction of sp³-hybridized carbons (Fsp3) is 0.818. The van der Waals surface area contributed by atoms with Crippen LogP contribution in [0.1, 0.15) is 34.1 Å². The van der Waals surface area contributed by atoms with E-state index in [1.54, 1.807) is 11.0 Å². The Morgan fingerprint density at radius 3 is 2.08 bits per heavy atom. The highest BCUT2D eigenvalue weighted by Gasteiger charge is 2.42. The van der Waals surface area contributed by atoms with E-state index in [1.807, 2.05) is 0 Å². The van der Waals surface area contributed by atoms with Crippen LogP contribution in [0.4, 0.5) is 0 Å². The van der Waals surface area contributed by atoms with Crippen molar-refractivity contribution in [1.82, 2.24) is 0 Å². The van der Waals surface area contributed by atoms with Crippen LogP contribution in [0.15, 0.2) is 11.0 Å². The van der Waals surface area contributed by atoms with Gasteiger partial charge in [0.1, 0.15) is 6.61 Å². The van der Waals surface area contributed by atoms with Crippen LogP contribution >= 0.6 is 0 Å². The molecule has 0 amide bonds. The van der Waals surface area contributed by atoms with Crippen LogP contribution in [-0.4, -0.2) is 20.1 Å². The Balaban J connectivity index is 3.05. The summed E-state index contributed by atoms with van der Waals surface area (Å²) < 4.78 is 3.42. The summed E-state index contributed by atoms with van der Waals surface area (Å²) in [7, 11) is 2.21. The molecule has 13 heavy (non-hydrogen) atoms. The van der Waals surface area contributed by atoms with Gasteiger partial charge in [0.25, 0.3) is 0 Å². The molecule has 0 radical (unpaired) electrons. The van der Waals surface area contributed by atoms with E-state index in [2.05, 4.69) is 39.1 Å². The van der Waals surface area contributed by atoms with Crippen LogP contribution in [0.5, 0.6) is 0 Å². The molecule has 0 bridgehead atoms. The lowest BCUT2D eigenvalue weighted by atomic mass is 9.31. The molecular formula is C11H23BO. The smallest absolute Gasteiger partial charge is 0.317 e. The highest BCUT2D eigenvalue weighted by atomic mass is 16.6. The Morgan fingerprint density at radius 1 is 1.23 bits per heavy atom. The zero-order chi connectivity index (χ0) is 10.1. The van der Waals surface area contributed by atoms with Gasteiger partial charge in [-0.05, 0) is 12.5 Å². The van der Waals surface area contributed by atoms with E-state index < -0.39 is 6.35 Å². The third-order valence-corrected chi connectivity index (χ3v) is 4.10. The minimum atomic E-state index is -0.394. The molecule has 0 aromatic rings. The average molecular weight is 182 g/mol. The molecule has 0 aromatic heterocycles. The van der Waals surface area contributed by atoms with Gasteiger partial charge in [0.15, 0.2) is 0 Å². The third kappa shape index (κ3) is 1.46. The maximum absolute atomic E-state index is 3.42. The second kappa shape index (κ2) is 3.87. The fourth-order valence-corrected chi connectivity index (χ4v) is 3.31. The van der Waals surface area contributed by atoms with E-state index in [0.717, 1.165) is 6.61 Å². The zero-order valence-electron chi connectivity index (χ0n) is 9.81. The Labute approximate surface area is 82.8 Å². The summed E-state index contributed by atoms with van der Waals surface area (Å²) in [6.45, 7) is 10.3. The molecule has 0 spiro atoms. The molecule has 0 aliphatic carbocycles. The number of rotatable bonds is 3. The summed E-state index contributed by atoms with van der Waals surface area (Å²) in [5.74, 6) is 0. The molecule has 0 N–H and O–H groups in total. The molecule has 0 fully saturated rings. The van der Waals surface area contributed by atoms with Gasteiger partial charge in [-0.15, -0.1) is 5.47 Å². The molecule has 0 unspecified atom stereocenters. The molecule has 1 rings (SSSR count). The third-order valence-electron chi connectivity index (χ3n) is 4.10. The van der Waals surface area contributed by atoms with Crippen molar-refractivity contribution in [3.63, 3.8) is 0 Å². The van der Waals surface area contributed by atoms with Crippen molar-refractivity contribution in [2.24, 2.45) is 0 Å². The second-order valence-corrected chi connectivity index (χ2v) is 4.46. The highest BCUT2D eigenvalue weighted by molar-refractivity contribution is 6.82. The minimum absolute atomic E-state index is 0.394. The van der Waals surface area contributed by atoms with Gasteiger partial charge in [-0.25, -0.2) is 0 Å². The van der Waals surface area contributed by atoms with Gasteiger partial charge in [-0.2, -0.15) is 0 Å². The van der Waals surface area contributed by atoms with Crippen LogP contribution in [0.2, 0.25) is 12.6 Å². The first-order valence-electron chi connectivity index (χ1n) is 5.62. The summed E-state index contributed by atoms with van der Waals surface area (Å²) in [6.07, 6.45) is 3.39. The maximum Gasteiger partial charge on any atom is 0.317 e. The van der Waals surface area contributed by atoms with Gasteiger partial charge in [-0.1, -0.05) is 39.8 Å². The summed E-state index contributed by atoms with van der Waals surface area (Å²) >= 11 is 0. The van der Waals surface area contributed by atoms with Gasteiger partial charge >= 0.3 is 6.35 Å². The molecule has 1 heterocycles. The van der Waals surface area contributed by atoms with Crippen molar-refractivity contribution in [3.05, 3.63) is 11.0 Å². The quantitative estimate of drug-likeness (QED) is 0.464. The van der Waals surface area contributed by atoms with Crippen molar-refractivity contribution >= 4 is 6.35 Å². The maximum atomic E-state index is 3.42. The molecule has 76 valence electrons. The molecular weight excluding hydrogens is 159 g/mol. The Kier molecular flexibility index (Phi) is 3.23. The van der Waals surface area contributed by atoms with Gasteiger partial charge in [-0.3, -0.25) is 0 Å². The highest BCUT2D eigenvalue weighted by Crippen LogP contribution is 2.39.